The Morgan fingerprint density at radius 2 is 1.33 bits per heavy atom. The number of nitrogen functional groups attached to an aromatic ring is 2. The zero-order valence-corrected chi connectivity index (χ0v) is 10.4. The molecule has 1 heterocycles. The summed E-state index contributed by atoms with van der Waals surface area (Å²) in [5, 5.41) is 0. The van der Waals surface area contributed by atoms with Gasteiger partial charge < -0.3 is 11.5 Å². The first-order valence-corrected chi connectivity index (χ1v) is 5.11. The summed E-state index contributed by atoms with van der Waals surface area (Å²) >= 11 is 9.67. The van der Waals surface area contributed by atoms with E-state index in [4.69, 9.17) is 11.5 Å². The molecule has 8 heteroatoms. The van der Waals surface area contributed by atoms with Crippen molar-refractivity contribution >= 4 is 59.7 Å². The number of hydrogen-bond donors (Lipinski definition) is 2. The lowest BCUT2D eigenvalue weighted by molar-refractivity contribution is 0.975. The largest absolute Gasteiger partial charge is 0.368 e. The Bertz CT molecular complexity index is 275. The number of alkyl halides is 3. The number of anilines is 2. The molecule has 4 N–H and O–H groups in total. The number of nitrogens with zero attached hydrogens (tertiary/aromatic N) is 3. The molecule has 1 rings (SSSR count). The third-order valence-corrected chi connectivity index (χ3v) is 1.99. The first-order chi connectivity index (χ1) is 5.39. The molecule has 0 aliphatic carbocycles. The number of hydrogen-bond acceptors (Lipinski definition) is 5. The first kappa shape index (κ1) is 10.1. The average Bonchev–Trinajstić information content (AvgIpc) is 1.82. The van der Waals surface area contributed by atoms with Gasteiger partial charge in [-0.1, -0.05) is 47.8 Å². The van der Waals surface area contributed by atoms with Crippen molar-refractivity contribution in [2.75, 3.05) is 11.5 Å². The first-order valence-electron chi connectivity index (χ1n) is 2.74. The van der Waals surface area contributed by atoms with E-state index in [-0.39, 0.29) is 11.9 Å². The number of halogens is 3. The maximum atomic E-state index is 5.35. The molecular weight excluding hydrogens is 358 g/mol. The van der Waals surface area contributed by atoms with Crippen LogP contribution in [0.5, 0.6) is 0 Å². The maximum Gasteiger partial charge on any atom is 0.225 e. The van der Waals surface area contributed by atoms with Crippen LogP contribution in [0.2, 0.25) is 0 Å². The molecule has 1 aromatic rings. The van der Waals surface area contributed by atoms with Crippen LogP contribution >= 0.6 is 47.8 Å². The van der Waals surface area contributed by atoms with Gasteiger partial charge in [0.1, 0.15) is 0 Å². The number of rotatable bonds is 0. The summed E-state index contributed by atoms with van der Waals surface area (Å²) in [5.74, 6) is 0.535. The van der Waals surface area contributed by atoms with E-state index in [1.807, 2.05) is 0 Å². The summed E-state index contributed by atoms with van der Waals surface area (Å²) in [5.41, 5.74) is 10.7. The smallest absolute Gasteiger partial charge is 0.225 e. The van der Waals surface area contributed by atoms with Gasteiger partial charge in [0.2, 0.25) is 11.9 Å². The summed E-state index contributed by atoms with van der Waals surface area (Å²) in [6.45, 7) is 0. The van der Waals surface area contributed by atoms with Gasteiger partial charge in [0.15, 0.2) is 7.97 Å². The van der Waals surface area contributed by atoms with E-state index in [2.05, 4.69) is 62.7 Å². The highest BCUT2D eigenvalue weighted by molar-refractivity contribution is 9.38. The summed E-state index contributed by atoms with van der Waals surface area (Å²) < 4.78 is -0.710. The molecule has 0 bridgehead atoms. The van der Waals surface area contributed by atoms with Crippen LogP contribution in [-0.2, 0) is 2.14 Å². The zero-order chi connectivity index (χ0) is 9.35. The molecule has 5 nitrogen and oxygen atoms in total. The second-order valence-corrected chi connectivity index (χ2v) is 8.63. The van der Waals surface area contributed by atoms with E-state index in [9.17, 15) is 0 Å². The zero-order valence-electron chi connectivity index (χ0n) is 5.63. The molecule has 66 valence electrons. The van der Waals surface area contributed by atoms with Crippen LogP contribution in [0, 0.1) is 0 Å². The highest BCUT2D eigenvalue weighted by Crippen LogP contribution is 2.42. The van der Waals surface area contributed by atoms with Crippen LogP contribution in [0.1, 0.15) is 5.82 Å². The molecule has 0 unspecified atom stereocenters. The molecule has 0 saturated carbocycles. The van der Waals surface area contributed by atoms with E-state index in [0.717, 1.165) is 0 Å². The molecule has 0 radical (unpaired) electrons. The lowest BCUT2D eigenvalue weighted by Gasteiger charge is -2.09. The van der Waals surface area contributed by atoms with Crippen molar-refractivity contribution in [3.8, 4) is 0 Å². The average molecular weight is 362 g/mol. The quantitative estimate of drug-likeness (QED) is 0.680. The van der Waals surface area contributed by atoms with Crippen molar-refractivity contribution in [3.63, 3.8) is 0 Å². The van der Waals surface area contributed by atoms with Crippen molar-refractivity contribution in [2.24, 2.45) is 0 Å². The number of nitrogens with two attached hydrogens (primary N) is 2. The molecule has 0 aliphatic heterocycles. The van der Waals surface area contributed by atoms with Crippen molar-refractivity contribution in [3.05, 3.63) is 5.82 Å². The molecule has 0 aromatic carbocycles. The van der Waals surface area contributed by atoms with Crippen molar-refractivity contribution in [1.82, 2.24) is 15.0 Å². The standard InChI is InChI=1S/C4H4Br3N5/c5-4(6,7)1-10-2(8)12-3(9)11-1/h(H4,8,9,10,11,12). The molecule has 0 spiro atoms. The Labute approximate surface area is 93.7 Å². The Kier molecular flexibility index (Phi) is 2.89. The predicted octanol–water partition coefficient (Wildman–Crippen LogP) is 1.33. The van der Waals surface area contributed by atoms with Gasteiger partial charge in [0.25, 0.3) is 0 Å². The fourth-order valence-electron chi connectivity index (χ4n) is 0.536. The summed E-state index contributed by atoms with van der Waals surface area (Å²) in [6.07, 6.45) is 0. The van der Waals surface area contributed by atoms with Crippen LogP contribution in [0.25, 0.3) is 0 Å². The normalized spacial score (nSPS) is 11.6. The van der Waals surface area contributed by atoms with Gasteiger partial charge in [-0.15, -0.1) is 0 Å². The topological polar surface area (TPSA) is 90.7 Å². The molecule has 12 heavy (non-hydrogen) atoms. The predicted molar refractivity (Wildman–Crippen MR) is 57.1 cm³/mol. The van der Waals surface area contributed by atoms with Gasteiger partial charge in [-0.25, -0.2) is 0 Å². The Hall–Kier alpha value is 0.0500. The van der Waals surface area contributed by atoms with E-state index < -0.39 is 2.14 Å². The molecule has 0 aliphatic rings. The third-order valence-electron chi connectivity index (χ3n) is 0.924. The summed E-state index contributed by atoms with van der Waals surface area (Å²) in [6, 6.07) is 0. The van der Waals surface area contributed by atoms with Crippen LogP contribution < -0.4 is 11.5 Å². The van der Waals surface area contributed by atoms with Crippen molar-refractivity contribution in [2.45, 2.75) is 2.14 Å². The van der Waals surface area contributed by atoms with Crippen molar-refractivity contribution in [1.29, 1.82) is 0 Å². The third kappa shape index (κ3) is 2.53. The highest BCUT2D eigenvalue weighted by atomic mass is 80.0. The van der Waals surface area contributed by atoms with Crippen LogP contribution in [0.3, 0.4) is 0 Å². The Balaban J connectivity index is 3.18. The minimum Gasteiger partial charge on any atom is -0.368 e. The highest BCUT2D eigenvalue weighted by Gasteiger charge is 2.25. The summed E-state index contributed by atoms with van der Waals surface area (Å²) in [4.78, 5) is 11.3. The fourth-order valence-corrected chi connectivity index (χ4v) is 1.07. The Morgan fingerprint density at radius 1 is 0.917 bits per heavy atom. The maximum absolute atomic E-state index is 5.35. The molecule has 0 fully saturated rings. The van der Waals surface area contributed by atoms with Crippen LogP contribution in [0.15, 0.2) is 0 Å². The van der Waals surface area contributed by atoms with E-state index in [1.165, 1.54) is 0 Å². The molecule has 0 amide bonds. The van der Waals surface area contributed by atoms with Crippen LogP contribution in [-0.4, -0.2) is 15.0 Å². The van der Waals surface area contributed by atoms with Gasteiger partial charge in [-0.05, 0) is 0 Å². The SMILES string of the molecule is Nc1nc(N)nc(C(Br)(Br)Br)n1. The molecular formula is C4H4Br3N5. The second kappa shape index (κ2) is 3.43. The lowest BCUT2D eigenvalue weighted by Crippen LogP contribution is -2.11. The van der Waals surface area contributed by atoms with Gasteiger partial charge in [0.05, 0.1) is 0 Å². The second-order valence-electron chi connectivity index (χ2n) is 1.87. The summed E-state index contributed by atoms with van der Waals surface area (Å²) in [7, 11) is 0. The van der Waals surface area contributed by atoms with E-state index in [0.29, 0.717) is 5.82 Å². The number of aromatic nitrogens is 3. The van der Waals surface area contributed by atoms with Crippen LogP contribution in [0.4, 0.5) is 11.9 Å². The van der Waals surface area contributed by atoms with Gasteiger partial charge in [-0.2, -0.15) is 15.0 Å². The monoisotopic (exact) mass is 359 g/mol. The minimum atomic E-state index is -0.710. The molecule has 1 aromatic heterocycles. The van der Waals surface area contributed by atoms with Gasteiger partial charge in [0, 0.05) is 0 Å². The fraction of sp³-hybridized carbons (Fsp3) is 0.250. The van der Waals surface area contributed by atoms with E-state index >= 15 is 0 Å². The van der Waals surface area contributed by atoms with Gasteiger partial charge in [-0.3, -0.25) is 0 Å². The molecule has 0 atom stereocenters. The lowest BCUT2D eigenvalue weighted by atomic mass is 10.7. The Morgan fingerprint density at radius 3 is 1.67 bits per heavy atom. The molecule has 0 saturated heterocycles. The van der Waals surface area contributed by atoms with Gasteiger partial charge >= 0.3 is 0 Å². The minimum absolute atomic E-state index is 0.0835. The van der Waals surface area contributed by atoms with Crippen molar-refractivity contribution < 1.29 is 0 Å². The van der Waals surface area contributed by atoms with E-state index in [1.54, 1.807) is 0 Å².